The van der Waals surface area contributed by atoms with Crippen LogP contribution >= 0.6 is 11.6 Å². The summed E-state index contributed by atoms with van der Waals surface area (Å²) in [4.78, 5) is 47.7. The second-order valence-electron chi connectivity index (χ2n) is 12.3. The number of nitrogens with one attached hydrogen (secondary N) is 1. The topological polar surface area (TPSA) is 118 Å². The summed E-state index contributed by atoms with van der Waals surface area (Å²) in [6, 6.07) is 15.6. The van der Waals surface area contributed by atoms with Crippen molar-refractivity contribution in [2.24, 2.45) is 0 Å². The molecule has 2 fully saturated rings. The molecule has 3 aliphatic heterocycles. The number of carbonyl (C=O) groups excluding carboxylic acids is 3. The maximum Gasteiger partial charge on any atom is 0.410 e. The van der Waals surface area contributed by atoms with Crippen LogP contribution in [0.5, 0.6) is 0 Å². The van der Waals surface area contributed by atoms with Crippen LogP contribution in [-0.4, -0.2) is 65.0 Å². The van der Waals surface area contributed by atoms with E-state index in [1.54, 1.807) is 23.4 Å². The average molecular weight is 616 g/mol. The minimum atomic E-state index is -1.00. The minimum Gasteiger partial charge on any atom is -0.436 e. The zero-order chi connectivity index (χ0) is 30.8. The van der Waals surface area contributed by atoms with E-state index in [9.17, 15) is 14.4 Å². The largest absolute Gasteiger partial charge is 0.436 e. The van der Waals surface area contributed by atoms with Crippen LogP contribution in [0.1, 0.15) is 60.3 Å². The molecule has 44 heavy (non-hydrogen) atoms. The third-order valence-corrected chi connectivity index (χ3v) is 9.88. The molecule has 3 aromatic rings. The molecular formula is C34H38ClN5O4. The van der Waals surface area contributed by atoms with E-state index in [1.165, 1.54) is 5.56 Å². The van der Waals surface area contributed by atoms with E-state index in [0.29, 0.717) is 62.1 Å². The summed E-state index contributed by atoms with van der Waals surface area (Å²) in [5.74, 6) is 0.147. The number of pyridine rings is 1. The number of halogens is 1. The fourth-order valence-corrected chi connectivity index (χ4v) is 7.31. The Hall–Kier alpha value is -4.11. The van der Waals surface area contributed by atoms with Crippen molar-refractivity contribution in [2.45, 2.75) is 62.9 Å². The van der Waals surface area contributed by atoms with Gasteiger partial charge in [0.05, 0.1) is 10.7 Å². The number of nitrogens with two attached hydrogens (primary N) is 1. The van der Waals surface area contributed by atoms with Crippen LogP contribution in [-0.2, 0) is 26.2 Å². The Morgan fingerprint density at radius 1 is 1.07 bits per heavy atom. The van der Waals surface area contributed by atoms with Gasteiger partial charge < -0.3 is 25.6 Å². The van der Waals surface area contributed by atoms with Crippen molar-refractivity contribution in [2.75, 3.05) is 37.2 Å². The number of hydrogen-bond donors (Lipinski definition) is 2. The normalized spacial score (nSPS) is 18.8. The molecule has 0 radical (unpaired) electrons. The van der Waals surface area contributed by atoms with E-state index in [4.69, 9.17) is 22.1 Å². The number of ether oxygens (including phenoxy) is 1. The standard InChI is InChI=1S/C34H38ClN5O4/c1-22-18-23(19-27(35)31(22)36)20-29(32(42)39-14-8-25(9-15-39)24-6-12-37-13-7-24)44-33(43)40-16-10-34(11-17-40)21-30(41)38-28-5-3-2-4-26(28)34/h2-7,12-13,18-19,25,29H,8-11,14-17,20-21,36H2,1H3,(H,38,41)/t29-/m1/s1. The molecule has 4 heterocycles. The molecule has 0 saturated carbocycles. The van der Waals surface area contributed by atoms with E-state index in [2.05, 4.69) is 16.4 Å². The number of hydrogen-bond acceptors (Lipinski definition) is 6. The first kappa shape index (κ1) is 29.9. The number of para-hydroxylation sites is 1. The van der Waals surface area contributed by atoms with Crippen molar-refractivity contribution in [1.29, 1.82) is 0 Å². The molecule has 0 aliphatic carbocycles. The summed E-state index contributed by atoms with van der Waals surface area (Å²) in [7, 11) is 0. The lowest BCUT2D eigenvalue weighted by Crippen LogP contribution is -2.51. The van der Waals surface area contributed by atoms with Crippen molar-refractivity contribution >= 4 is 40.9 Å². The molecule has 6 rings (SSSR count). The molecule has 3 aliphatic rings. The van der Waals surface area contributed by atoms with Crippen LogP contribution in [0.4, 0.5) is 16.2 Å². The Kier molecular flexibility index (Phi) is 8.49. The fourth-order valence-electron chi connectivity index (χ4n) is 7.02. The van der Waals surface area contributed by atoms with Crippen LogP contribution in [0, 0.1) is 6.92 Å². The van der Waals surface area contributed by atoms with E-state index in [1.807, 2.05) is 48.2 Å². The number of aromatic nitrogens is 1. The van der Waals surface area contributed by atoms with Gasteiger partial charge in [-0.2, -0.15) is 0 Å². The third-order valence-electron chi connectivity index (χ3n) is 9.57. The molecule has 3 amide bonds. The Balaban J connectivity index is 1.16. The first-order valence-corrected chi connectivity index (χ1v) is 15.7. The summed E-state index contributed by atoms with van der Waals surface area (Å²) in [6.07, 6.45) is 5.59. The number of likely N-dealkylation sites (tertiary alicyclic amines) is 2. The second-order valence-corrected chi connectivity index (χ2v) is 12.7. The molecule has 0 unspecified atom stereocenters. The Morgan fingerprint density at radius 3 is 2.48 bits per heavy atom. The maximum atomic E-state index is 13.9. The van der Waals surface area contributed by atoms with Gasteiger partial charge in [0.2, 0.25) is 5.91 Å². The van der Waals surface area contributed by atoms with Crippen molar-refractivity contribution in [3.8, 4) is 0 Å². The van der Waals surface area contributed by atoms with E-state index in [-0.39, 0.29) is 23.7 Å². The molecule has 3 N–H and O–H groups in total. The van der Waals surface area contributed by atoms with E-state index < -0.39 is 12.2 Å². The fraction of sp³-hybridized carbons (Fsp3) is 0.412. The van der Waals surface area contributed by atoms with Gasteiger partial charge in [-0.15, -0.1) is 0 Å². The first-order chi connectivity index (χ1) is 21.2. The number of piperidine rings is 2. The van der Waals surface area contributed by atoms with Gasteiger partial charge in [-0.3, -0.25) is 14.6 Å². The van der Waals surface area contributed by atoms with Gasteiger partial charge in [-0.05, 0) is 85.0 Å². The quantitative estimate of drug-likeness (QED) is 0.368. The predicted octanol–water partition coefficient (Wildman–Crippen LogP) is 5.46. The summed E-state index contributed by atoms with van der Waals surface area (Å²) in [5.41, 5.74) is 11.0. The van der Waals surface area contributed by atoms with Gasteiger partial charge >= 0.3 is 6.09 Å². The molecular weight excluding hydrogens is 578 g/mol. The number of nitrogens with zero attached hydrogens (tertiary/aromatic N) is 3. The number of benzene rings is 2. The highest BCUT2D eigenvalue weighted by Gasteiger charge is 2.44. The molecule has 0 bridgehead atoms. The average Bonchev–Trinajstić information content (AvgIpc) is 3.03. The second kappa shape index (κ2) is 12.5. The maximum absolute atomic E-state index is 13.9. The number of fused-ring (bicyclic) bond motifs is 2. The van der Waals surface area contributed by atoms with Crippen LogP contribution in [0.15, 0.2) is 60.9 Å². The monoisotopic (exact) mass is 615 g/mol. The van der Waals surface area contributed by atoms with Gasteiger partial charge in [-0.1, -0.05) is 35.9 Å². The summed E-state index contributed by atoms with van der Waals surface area (Å²) in [6.45, 7) is 3.89. The highest BCUT2D eigenvalue weighted by Crippen LogP contribution is 2.45. The lowest BCUT2D eigenvalue weighted by Gasteiger charge is -2.44. The molecule has 2 aromatic carbocycles. The van der Waals surface area contributed by atoms with Crippen LogP contribution in [0.25, 0.3) is 0 Å². The van der Waals surface area contributed by atoms with Gasteiger partial charge in [0.1, 0.15) is 0 Å². The zero-order valence-corrected chi connectivity index (χ0v) is 25.7. The van der Waals surface area contributed by atoms with Gasteiger partial charge in [0, 0.05) is 62.5 Å². The number of aryl methyl sites for hydroxylation is 1. The van der Waals surface area contributed by atoms with Crippen molar-refractivity contribution < 1.29 is 19.1 Å². The van der Waals surface area contributed by atoms with Crippen LogP contribution in [0.3, 0.4) is 0 Å². The smallest absolute Gasteiger partial charge is 0.410 e. The third kappa shape index (κ3) is 6.11. The van der Waals surface area contributed by atoms with Crippen molar-refractivity contribution in [1.82, 2.24) is 14.8 Å². The molecule has 1 spiro atoms. The molecule has 9 nitrogen and oxygen atoms in total. The van der Waals surface area contributed by atoms with Crippen LogP contribution < -0.4 is 11.1 Å². The molecule has 2 saturated heterocycles. The van der Waals surface area contributed by atoms with Gasteiger partial charge in [0.25, 0.3) is 5.91 Å². The number of nitrogen functional groups attached to an aromatic ring is 1. The molecule has 1 aromatic heterocycles. The number of carbonyl (C=O) groups is 3. The Bertz CT molecular complexity index is 1530. The van der Waals surface area contributed by atoms with E-state index >= 15 is 0 Å². The Morgan fingerprint density at radius 2 is 1.77 bits per heavy atom. The highest BCUT2D eigenvalue weighted by atomic mass is 35.5. The summed E-state index contributed by atoms with van der Waals surface area (Å²) >= 11 is 6.38. The lowest BCUT2D eigenvalue weighted by atomic mass is 9.68. The number of anilines is 2. The van der Waals surface area contributed by atoms with Crippen molar-refractivity contribution in [3.63, 3.8) is 0 Å². The van der Waals surface area contributed by atoms with Crippen molar-refractivity contribution in [3.05, 3.63) is 88.2 Å². The molecule has 230 valence electrons. The van der Waals surface area contributed by atoms with E-state index in [0.717, 1.165) is 35.2 Å². The summed E-state index contributed by atoms with van der Waals surface area (Å²) < 4.78 is 6.03. The van der Waals surface area contributed by atoms with Gasteiger partial charge in [0.15, 0.2) is 6.10 Å². The van der Waals surface area contributed by atoms with Crippen LogP contribution in [0.2, 0.25) is 5.02 Å². The summed E-state index contributed by atoms with van der Waals surface area (Å²) in [5, 5.41) is 3.39. The SMILES string of the molecule is Cc1cc(C[C@@H](OC(=O)N2CCC3(CC2)CC(=O)Nc2ccccc23)C(=O)N2CCC(c3ccncc3)CC2)cc(Cl)c1N. The molecule has 10 heteroatoms. The predicted molar refractivity (Wildman–Crippen MR) is 170 cm³/mol. The number of amides is 3. The van der Waals surface area contributed by atoms with Gasteiger partial charge in [-0.25, -0.2) is 4.79 Å². The lowest BCUT2D eigenvalue weighted by molar-refractivity contribution is -0.142. The highest BCUT2D eigenvalue weighted by molar-refractivity contribution is 6.33. The Labute approximate surface area is 262 Å². The minimum absolute atomic E-state index is 0.00413. The molecule has 1 atom stereocenters. The number of rotatable bonds is 5. The zero-order valence-electron chi connectivity index (χ0n) is 24.9. The first-order valence-electron chi connectivity index (χ1n) is 15.3.